The Kier molecular flexibility index (Phi) is 5.84. The Labute approximate surface area is 168 Å². The molecule has 0 aliphatic heterocycles. The lowest BCUT2D eigenvalue weighted by Gasteiger charge is -2.13. The zero-order valence-corrected chi connectivity index (χ0v) is 16.1. The van der Waals surface area contributed by atoms with Crippen LogP contribution in [0, 0.1) is 0 Å². The molecule has 2 N–H and O–H groups in total. The van der Waals surface area contributed by atoms with Gasteiger partial charge in [-0.2, -0.15) is 0 Å². The minimum absolute atomic E-state index is 0.215. The maximum atomic E-state index is 12.6. The van der Waals surface area contributed by atoms with Gasteiger partial charge < -0.3 is 0 Å². The predicted molar refractivity (Wildman–Crippen MR) is 107 cm³/mol. The number of amides is 1. The van der Waals surface area contributed by atoms with Crippen LogP contribution in [0.25, 0.3) is 0 Å². The fourth-order valence-electron chi connectivity index (χ4n) is 2.27. The highest BCUT2D eigenvalue weighted by Gasteiger charge is 2.19. The number of hydrogen-bond donors (Lipinski definition) is 2. The molecule has 0 bridgehead atoms. The number of halogens is 3. The first kappa shape index (κ1) is 18.7. The van der Waals surface area contributed by atoms with E-state index in [2.05, 4.69) is 10.9 Å². The van der Waals surface area contributed by atoms with Gasteiger partial charge >= 0.3 is 0 Å². The average molecular weight is 426 g/mol. The second-order valence-corrected chi connectivity index (χ2v) is 7.37. The molecule has 1 amide bonds. The highest BCUT2D eigenvalue weighted by molar-refractivity contribution is 7.12. The quantitative estimate of drug-likeness (QED) is 0.407. The van der Waals surface area contributed by atoms with Crippen LogP contribution in [0.4, 0.5) is 5.69 Å². The van der Waals surface area contributed by atoms with E-state index in [0.717, 1.165) is 0 Å². The Morgan fingerprint density at radius 1 is 0.885 bits per heavy atom. The Morgan fingerprint density at radius 3 is 2.15 bits per heavy atom. The smallest absolute Gasteiger partial charge is 0.270 e. The maximum absolute atomic E-state index is 12.6. The van der Waals surface area contributed by atoms with Crippen LogP contribution in [0.15, 0.2) is 53.9 Å². The number of thiophene rings is 1. The Morgan fingerprint density at radius 2 is 1.54 bits per heavy atom. The van der Waals surface area contributed by atoms with Crippen LogP contribution in [-0.4, -0.2) is 11.7 Å². The van der Waals surface area contributed by atoms with Gasteiger partial charge in [0.1, 0.15) is 0 Å². The summed E-state index contributed by atoms with van der Waals surface area (Å²) in [4.78, 5) is 25.7. The zero-order valence-electron chi connectivity index (χ0n) is 13.1. The van der Waals surface area contributed by atoms with E-state index in [1.807, 2.05) is 5.38 Å². The zero-order chi connectivity index (χ0) is 18.7. The predicted octanol–water partition coefficient (Wildman–Crippen LogP) is 5.70. The van der Waals surface area contributed by atoms with Gasteiger partial charge in [-0.15, -0.1) is 11.3 Å². The Bertz CT molecular complexity index is 951. The SMILES string of the molecule is O=C(NNc1c(Cl)cc(Cl)cc1Cl)c1ccccc1C(=O)c1cccs1. The van der Waals surface area contributed by atoms with E-state index in [9.17, 15) is 9.59 Å². The van der Waals surface area contributed by atoms with Gasteiger partial charge in [-0.1, -0.05) is 59.1 Å². The van der Waals surface area contributed by atoms with Gasteiger partial charge in [0.2, 0.25) is 5.78 Å². The fourth-order valence-corrected chi connectivity index (χ4v) is 3.86. The van der Waals surface area contributed by atoms with Crippen molar-refractivity contribution in [1.29, 1.82) is 0 Å². The number of carbonyl (C=O) groups excluding carboxylic acids is 2. The molecule has 3 aromatic rings. The van der Waals surface area contributed by atoms with E-state index in [4.69, 9.17) is 34.8 Å². The van der Waals surface area contributed by atoms with Crippen LogP contribution < -0.4 is 10.9 Å². The molecule has 0 saturated carbocycles. The molecule has 2 aromatic carbocycles. The lowest BCUT2D eigenvalue weighted by molar-refractivity contribution is 0.0950. The van der Waals surface area contributed by atoms with E-state index in [1.165, 1.54) is 23.5 Å². The first-order valence-corrected chi connectivity index (χ1v) is 9.37. The summed E-state index contributed by atoms with van der Waals surface area (Å²) >= 11 is 19.3. The average Bonchev–Trinajstić information content (AvgIpc) is 3.14. The third-order valence-electron chi connectivity index (χ3n) is 3.47. The van der Waals surface area contributed by atoms with E-state index in [1.54, 1.807) is 36.4 Å². The summed E-state index contributed by atoms with van der Waals surface area (Å²) in [6, 6.07) is 13.1. The normalized spacial score (nSPS) is 10.4. The summed E-state index contributed by atoms with van der Waals surface area (Å²) in [5.74, 6) is -0.708. The number of ketones is 1. The van der Waals surface area contributed by atoms with E-state index >= 15 is 0 Å². The molecule has 3 rings (SSSR count). The monoisotopic (exact) mass is 424 g/mol. The van der Waals surface area contributed by atoms with Gasteiger partial charge in [0.25, 0.3) is 5.91 Å². The Hall–Kier alpha value is -2.05. The number of nitrogens with one attached hydrogen (secondary N) is 2. The largest absolute Gasteiger partial charge is 0.295 e. The molecule has 8 heteroatoms. The molecule has 1 heterocycles. The minimum Gasteiger partial charge on any atom is -0.295 e. The van der Waals surface area contributed by atoms with Crippen molar-refractivity contribution in [3.05, 3.63) is 85.0 Å². The van der Waals surface area contributed by atoms with Gasteiger partial charge in [-0.05, 0) is 29.6 Å². The summed E-state index contributed by atoms with van der Waals surface area (Å²) in [7, 11) is 0. The van der Waals surface area contributed by atoms with Crippen molar-refractivity contribution < 1.29 is 9.59 Å². The van der Waals surface area contributed by atoms with Crippen LogP contribution in [-0.2, 0) is 0 Å². The molecule has 0 atom stereocenters. The standard InChI is InChI=1S/C18H11Cl3N2O2S/c19-10-8-13(20)16(14(21)9-10)22-23-18(25)12-5-2-1-4-11(12)17(24)15-6-3-7-26-15/h1-9,22H,(H,23,25). The molecule has 0 saturated heterocycles. The number of hydrogen-bond acceptors (Lipinski definition) is 4. The van der Waals surface area contributed by atoms with Crippen LogP contribution in [0.3, 0.4) is 0 Å². The molecular weight excluding hydrogens is 415 g/mol. The van der Waals surface area contributed by atoms with Crippen molar-refractivity contribution in [2.45, 2.75) is 0 Å². The molecule has 0 radical (unpaired) electrons. The van der Waals surface area contributed by atoms with Crippen molar-refractivity contribution in [2.75, 3.05) is 5.43 Å². The molecular formula is C18H11Cl3N2O2S. The van der Waals surface area contributed by atoms with Crippen molar-refractivity contribution in [3.63, 3.8) is 0 Å². The first-order chi connectivity index (χ1) is 12.5. The summed E-state index contributed by atoms with van der Waals surface area (Å²) < 4.78 is 0. The summed E-state index contributed by atoms with van der Waals surface area (Å²) in [6.07, 6.45) is 0. The van der Waals surface area contributed by atoms with Gasteiger partial charge in [0.05, 0.1) is 26.2 Å². The second kappa shape index (κ2) is 8.10. The lowest BCUT2D eigenvalue weighted by Crippen LogP contribution is -2.31. The lowest BCUT2D eigenvalue weighted by atomic mass is 10.0. The van der Waals surface area contributed by atoms with E-state index in [0.29, 0.717) is 21.2 Å². The van der Waals surface area contributed by atoms with Gasteiger partial charge in [-0.3, -0.25) is 20.4 Å². The first-order valence-electron chi connectivity index (χ1n) is 7.35. The van der Waals surface area contributed by atoms with Crippen LogP contribution in [0.2, 0.25) is 15.1 Å². The van der Waals surface area contributed by atoms with E-state index in [-0.39, 0.29) is 21.4 Å². The number of carbonyl (C=O) groups is 2. The number of rotatable bonds is 5. The molecule has 0 aliphatic rings. The third-order valence-corrected chi connectivity index (χ3v) is 5.15. The highest BCUT2D eigenvalue weighted by atomic mass is 35.5. The fraction of sp³-hybridized carbons (Fsp3) is 0. The van der Waals surface area contributed by atoms with Gasteiger partial charge in [0.15, 0.2) is 0 Å². The van der Waals surface area contributed by atoms with Crippen LogP contribution in [0.5, 0.6) is 0 Å². The molecule has 1 aromatic heterocycles. The number of anilines is 1. The number of benzene rings is 2. The second-order valence-electron chi connectivity index (χ2n) is 5.18. The van der Waals surface area contributed by atoms with Crippen LogP contribution in [0.1, 0.15) is 25.6 Å². The van der Waals surface area contributed by atoms with Crippen LogP contribution >= 0.6 is 46.1 Å². The third kappa shape index (κ3) is 4.02. The van der Waals surface area contributed by atoms with Crippen molar-refractivity contribution in [3.8, 4) is 0 Å². The minimum atomic E-state index is -0.493. The summed E-state index contributed by atoms with van der Waals surface area (Å²) in [6.45, 7) is 0. The molecule has 0 spiro atoms. The summed E-state index contributed by atoms with van der Waals surface area (Å²) in [5, 5.41) is 2.70. The van der Waals surface area contributed by atoms with Crippen molar-refractivity contribution in [1.82, 2.24) is 5.43 Å². The maximum Gasteiger partial charge on any atom is 0.270 e. The molecule has 0 unspecified atom stereocenters. The molecule has 0 fully saturated rings. The Balaban J connectivity index is 1.82. The molecule has 26 heavy (non-hydrogen) atoms. The highest BCUT2D eigenvalue weighted by Crippen LogP contribution is 2.33. The topological polar surface area (TPSA) is 58.2 Å². The van der Waals surface area contributed by atoms with Crippen molar-refractivity contribution in [2.24, 2.45) is 0 Å². The van der Waals surface area contributed by atoms with Gasteiger partial charge in [0, 0.05) is 10.6 Å². The summed E-state index contributed by atoms with van der Waals surface area (Å²) in [5.41, 5.74) is 6.04. The molecule has 0 aliphatic carbocycles. The van der Waals surface area contributed by atoms with E-state index < -0.39 is 5.91 Å². The van der Waals surface area contributed by atoms with Gasteiger partial charge in [-0.25, -0.2) is 0 Å². The molecule has 132 valence electrons. The molecule has 4 nitrogen and oxygen atoms in total. The van der Waals surface area contributed by atoms with Crippen molar-refractivity contribution >= 4 is 63.5 Å². The number of hydrazine groups is 1.